The summed E-state index contributed by atoms with van der Waals surface area (Å²) in [5.41, 5.74) is 0. The lowest BCUT2D eigenvalue weighted by Gasteiger charge is -2.27. The van der Waals surface area contributed by atoms with Crippen LogP contribution >= 0.6 is 34.5 Å². The molecule has 2 N–H and O–H groups in total. The van der Waals surface area contributed by atoms with Gasteiger partial charge in [0.2, 0.25) is 10.0 Å². The molecule has 84 valence electrons. The van der Waals surface area contributed by atoms with Gasteiger partial charge < -0.3 is 5.32 Å². The molecule has 0 amide bonds. The molecular weight excluding hydrogens is 279 g/mol. The lowest BCUT2D eigenvalue weighted by Crippen LogP contribution is -2.56. The van der Waals surface area contributed by atoms with E-state index in [4.69, 9.17) is 23.2 Å². The van der Waals surface area contributed by atoms with E-state index in [1.807, 2.05) is 0 Å². The SMILES string of the molecule is O=S(=O)(NC1CNC1)c1cc(Cl)sc1Cl. The summed E-state index contributed by atoms with van der Waals surface area (Å²) in [6, 6.07) is 1.31. The monoisotopic (exact) mass is 286 g/mol. The van der Waals surface area contributed by atoms with Gasteiger partial charge in [0.1, 0.15) is 9.23 Å². The number of hydrogen-bond acceptors (Lipinski definition) is 4. The van der Waals surface area contributed by atoms with Crippen molar-refractivity contribution in [2.45, 2.75) is 10.9 Å². The van der Waals surface area contributed by atoms with Crippen molar-refractivity contribution in [1.82, 2.24) is 10.0 Å². The van der Waals surface area contributed by atoms with Crippen molar-refractivity contribution < 1.29 is 8.42 Å². The molecule has 4 nitrogen and oxygen atoms in total. The molecule has 1 fully saturated rings. The summed E-state index contributed by atoms with van der Waals surface area (Å²) in [7, 11) is -3.53. The van der Waals surface area contributed by atoms with Crippen molar-refractivity contribution in [3.05, 3.63) is 14.7 Å². The smallest absolute Gasteiger partial charge is 0.243 e. The molecule has 15 heavy (non-hydrogen) atoms. The zero-order valence-electron chi connectivity index (χ0n) is 7.46. The molecule has 0 saturated carbocycles. The Labute approximate surface area is 102 Å². The molecule has 2 heterocycles. The summed E-state index contributed by atoms with van der Waals surface area (Å²) in [5, 5.41) is 2.97. The van der Waals surface area contributed by atoms with Gasteiger partial charge in [-0.05, 0) is 6.07 Å². The van der Waals surface area contributed by atoms with Gasteiger partial charge in [0, 0.05) is 19.1 Å². The van der Waals surface area contributed by atoms with Crippen LogP contribution in [-0.2, 0) is 10.0 Å². The first-order chi connectivity index (χ1) is 6.99. The molecule has 1 aromatic heterocycles. The van der Waals surface area contributed by atoms with Crippen molar-refractivity contribution in [2.24, 2.45) is 0 Å². The Bertz CT molecular complexity index is 467. The standard InChI is InChI=1S/C7H8Cl2N2O2S2/c8-6-1-5(7(9)14-6)15(12,13)11-4-2-10-3-4/h1,4,10-11H,2-3H2. The van der Waals surface area contributed by atoms with Crippen LogP contribution in [0.4, 0.5) is 0 Å². The lowest BCUT2D eigenvalue weighted by atomic mass is 10.2. The predicted octanol–water partition coefficient (Wildman–Crippen LogP) is 1.30. The number of rotatable bonds is 3. The number of sulfonamides is 1. The average molecular weight is 287 g/mol. The van der Waals surface area contributed by atoms with Gasteiger partial charge in [-0.2, -0.15) is 0 Å². The molecule has 0 radical (unpaired) electrons. The van der Waals surface area contributed by atoms with E-state index < -0.39 is 10.0 Å². The number of nitrogens with one attached hydrogen (secondary N) is 2. The lowest BCUT2D eigenvalue weighted by molar-refractivity contribution is 0.410. The van der Waals surface area contributed by atoms with Crippen molar-refractivity contribution in [1.29, 1.82) is 0 Å². The summed E-state index contributed by atoms with van der Waals surface area (Å²) >= 11 is 12.5. The maximum atomic E-state index is 11.8. The minimum Gasteiger partial charge on any atom is -0.313 e. The van der Waals surface area contributed by atoms with Crippen LogP contribution in [0.15, 0.2) is 11.0 Å². The molecular formula is C7H8Cl2N2O2S2. The van der Waals surface area contributed by atoms with Gasteiger partial charge in [-0.25, -0.2) is 13.1 Å². The van der Waals surface area contributed by atoms with Crippen molar-refractivity contribution >= 4 is 44.6 Å². The zero-order chi connectivity index (χ0) is 11.1. The van der Waals surface area contributed by atoms with Crippen molar-refractivity contribution in [3.63, 3.8) is 0 Å². The van der Waals surface area contributed by atoms with Crippen LogP contribution in [0, 0.1) is 0 Å². The number of halogens is 2. The number of thiophene rings is 1. The molecule has 0 unspecified atom stereocenters. The van der Waals surface area contributed by atoms with Crippen LogP contribution in [0.25, 0.3) is 0 Å². The molecule has 8 heteroatoms. The van der Waals surface area contributed by atoms with Gasteiger partial charge in [-0.15, -0.1) is 11.3 Å². The molecule has 0 aromatic carbocycles. The van der Waals surface area contributed by atoms with Crippen LogP contribution in [0.3, 0.4) is 0 Å². The summed E-state index contributed by atoms with van der Waals surface area (Å²) in [6.45, 7) is 1.30. The summed E-state index contributed by atoms with van der Waals surface area (Å²) < 4.78 is 26.7. The van der Waals surface area contributed by atoms with E-state index in [9.17, 15) is 8.42 Å². The Morgan fingerprint density at radius 3 is 2.53 bits per heavy atom. The van der Waals surface area contributed by atoms with E-state index in [1.54, 1.807) is 0 Å². The van der Waals surface area contributed by atoms with Crippen LogP contribution < -0.4 is 10.0 Å². The topological polar surface area (TPSA) is 58.2 Å². The van der Waals surface area contributed by atoms with Gasteiger partial charge >= 0.3 is 0 Å². The Morgan fingerprint density at radius 2 is 2.13 bits per heavy atom. The molecule has 0 aliphatic carbocycles. The van der Waals surface area contributed by atoms with Crippen LogP contribution in [0.5, 0.6) is 0 Å². The molecule has 1 aromatic rings. The summed E-state index contributed by atoms with van der Waals surface area (Å²) in [6.07, 6.45) is 0. The minimum atomic E-state index is -3.53. The molecule has 1 aliphatic rings. The fourth-order valence-electron chi connectivity index (χ4n) is 1.16. The largest absolute Gasteiger partial charge is 0.313 e. The first-order valence-corrected chi connectivity index (χ1v) is 7.22. The second-order valence-corrected chi connectivity index (χ2v) is 7.13. The molecule has 1 aliphatic heterocycles. The highest BCUT2D eigenvalue weighted by Crippen LogP contribution is 2.34. The molecule has 1 saturated heterocycles. The molecule has 2 rings (SSSR count). The first kappa shape index (κ1) is 11.6. The molecule has 0 atom stereocenters. The van der Waals surface area contributed by atoms with E-state index in [0.29, 0.717) is 17.4 Å². The second-order valence-electron chi connectivity index (χ2n) is 3.16. The Balaban J connectivity index is 2.24. The van der Waals surface area contributed by atoms with Gasteiger partial charge in [0.25, 0.3) is 0 Å². The highest BCUT2D eigenvalue weighted by Gasteiger charge is 2.27. The fraction of sp³-hybridized carbons (Fsp3) is 0.429. The second kappa shape index (κ2) is 4.20. The van der Waals surface area contributed by atoms with Crippen molar-refractivity contribution in [3.8, 4) is 0 Å². The Morgan fingerprint density at radius 1 is 1.47 bits per heavy atom. The van der Waals surface area contributed by atoms with Crippen molar-refractivity contribution in [2.75, 3.05) is 13.1 Å². The minimum absolute atomic E-state index is 0.0512. The maximum absolute atomic E-state index is 11.8. The highest BCUT2D eigenvalue weighted by molar-refractivity contribution is 7.89. The van der Waals surface area contributed by atoms with Crippen LogP contribution in [0.1, 0.15) is 0 Å². The fourth-order valence-corrected chi connectivity index (χ4v) is 4.55. The quantitative estimate of drug-likeness (QED) is 0.881. The third-order valence-electron chi connectivity index (χ3n) is 2.02. The summed E-state index contributed by atoms with van der Waals surface area (Å²) in [4.78, 5) is 0.0612. The highest BCUT2D eigenvalue weighted by atomic mass is 35.5. The van der Waals surface area contributed by atoms with E-state index in [0.717, 1.165) is 11.3 Å². The van der Waals surface area contributed by atoms with E-state index >= 15 is 0 Å². The third-order valence-corrected chi connectivity index (χ3v) is 5.29. The van der Waals surface area contributed by atoms with Gasteiger partial charge in [-0.3, -0.25) is 0 Å². The molecule has 0 bridgehead atoms. The van der Waals surface area contributed by atoms with Crippen LogP contribution in [-0.4, -0.2) is 27.5 Å². The van der Waals surface area contributed by atoms with Gasteiger partial charge in [-0.1, -0.05) is 23.2 Å². The number of hydrogen-bond donors (Lipinski definition) is 2. The van der Waals surface area contributed by atoms with E-state index in [1.165, 1.54) is 6.07 Å². The normalized spacial score (nSPS) is 17.7. The predicted molar refractivity (Wildman–Crippen MR) is 61.3 cm³/mol. The maximum Gasteiger partial charge on any atom is 0.243 e. The molecule has 0 spiro atoms. The average Bonchev–Trinajstić information content (AvgIpc) is 2.39. The van der Waals surface area contributed by atoms with Crippen LogP contribution in [0.2, 0.25) is 8.67 Å². The third kappa shape index (κ3) is 2.46. The van der Waals surface area contributed by atoms with E-state index in [-0.39, 0.29) is 15.3 Å². The first-order valence-electron chi connectivity index (χ1n) is 4.17. The zero-order valence-corrected chi connectivity index (χ0v) is 10.6. The van der Waals surface area contributed by atoms with E-state index in [2.05, 4.69) is 10.0 Å². The Hall–Kier alpha value is 0.150. The summed E-state index contributed by atoms with van der Waals surface area (Å²) in [5.74, 6) is 0. The van der Waals surface area contributed by atoms with Gasteiger partial charge in [0.05, 0.1) is 4.34 Å². The Kier molecular flexibility index (Phi) is 3.25. The van der Waals surface area contributed by atoms with Gasteiger partial charge in [0.15, 0.2) is 0 Å².